The highest BCUT2D eigenvalue weighted by Crippen LogP contribution is 2.21. The lowest BCUT2D eigenvalue weighted by atomic mass is 10.2. The van der Waals surface area contributed by atoms with Crippen LogP contribution in [0.4, 0.5) is 0 Å². The lowest BCUT2D eigenvalue weighted by Crippen LogP contribution is -2.06. The van der Waals surface area contributed by atoms with Crippen LogP contribution in [0.3, 0.4) is 0 Å². The normalized spacial score (nSPS) is 10.7. The van der Waals surface area contributed by atoms with Crippen molar-refractivity contribution < 1.29 is 14.3 Å². The summed E-state index contributed by atoms with van der Waals surface area (Å²) < 4.78 is 10.1. The average Bonchev–Trinajstić information content (AvgIpc) is 2.43. The molecule has 0 radical (unpaired) electrons. The van der Waals surface area contributed by atoms with Crippen LogP contribution in [0.2, 0.25) is 5.02 Å². The van der Waals surface area contributed by atoms with E-state index in [-0.39, 0.29) is 12.6 Å². The van der Waals surface area contributed by atoms with Gasteiger partial charge in [-0.15, -0.1) is 0 Å². The van der Waals surface area contributed by atoms with Gasteiger partial charge in [0, 0.05) is 11.6 Å². The molecule has 0 aliphatic heterocycles. The van der Waals surface area contributed by atoms with Crippen LogP contribution in [0.15, 0.2) is 29.8 Å². The van der Waals surface area contributed by atoms with Crippen molar-refractivity contribution in [3.05, 3.63) is 40.4 Å². The molecular formula is C14H14ClNO3. The predicted molar refractivity (Wildman–Crippen MR) is 72.1 cm³/mol. The van der Waals surface area contributed by atoms with Gasteiger partial charge in [0.1, 0.15) is 18.4 Å². The number of benzene rings is 1. The number of carbonyl (C=O) groups excluding carboxylic acids is 1. The molecule has 0 heterocycles. The molecule has 0 aliphatic rings. The lowest BCUT2D eigenvalue weighted by Gasteiger charge is -2.06. The first-order valence-corrected chi connectivity index (χ1v) is 6.10. The fraction of sp³-hybridized carbons (Fsp3) is 0.286. The van der Waals surface area contributed by atoms with Crippen LogP contribution in [-0.4, -0.2) is 19.7 Å². The maximum atomic E-state index is 11.3. The minimum atomic E-state index is -0.357. The summed E-state index contributed by atoms with van der Waals surface area (Å²) in [5.41, 5.74) is 0.954. The second-order valence-corrected chi connectivity index (χ2v) is 4.05. The van der Waals surface area contributed by atoms with Gasteiger partial charge in [-0.1, -0.05) is 18.5 Å². The summed E-state index contributed by atoms with van der Waals surface area (Å²) in [6, 6.07) is 6.78. The van der Waals surface area contributed by atoms with Crippen LogP contribution in [0.5, 0.6) is 5.75 Å². The van der Waals surface area contributed by atoms with Crippen molar-refractivity contribution in [3.8, 4) is 11.8 Å². The third-order valence-corrected chi connectivity index (χ3v) is 2.78. The Morgan fingerprint density at radius 1 is 1.53 bits per heavy atom. The van der Waals surface area contributed by atoms with Crippen molar-refractivity contribution >= 4 is 17.6 Å². The molecule has 0 N–H and O–H groups in total. The van der Waals surface area contributed by atoms with E-state index in [1.54, 1.807) is 24.3 Å². The van der Waals surface area contributed by atoms with Gasteiger partial charge >= 0.3 is 5.97 Å². The number of methoxy groups -OCH3 is 1. The highest BCUT2D eigenvalue weighted by atomic mass is 35.5. The summed E-state index contributed by atoms with van der Waals surface area (Å²) in [6.07, 6.45) is 2.24. The number of hydrogen-bond donors (Lipinski definition) is 0. The fourth-order valence-corrected chi connectivity index (χ4v) is 1.63. The number of nitrogens with zero attached hydrogens (tertiary/aromatic N) is 1. The van der Waals surface area contributed by atoms with Gasteiger partial charge in [0.25, 0.3) is 0 Å². The Labute approximate surface area is 117 Å². The highest BCUT2D eigenvalue weighted by molar-refractivity contribution is 6.31. The van der Waals surface area contributed by atoms with E-state index in [1.807, 2.05) is 13.0 Å². The van der Waals surface area contributed by atoms with Gasteiger partial charge in [-0.2, -0.15) is 5.26 Å². The van der Waals surface area contributed by atoms with Crippen LogP contribution >= 0.6 is 11.6 Å². The standard InChI is InChI=1S/C14H14ClNO3/c1-3-10(14(17)18-2)6-7-19-12-5-4-11(9-16)13(15)8-12/h4-6,8H,3,7H2,1-2H3/b10-6-. The Kier molecular flexibility index (Phi) is 5.91. The van der Waals surface area contributed by atoms with Crippen LogP contribution in [0.25, 0.3) is 0 Å². The number of nitriles is 1. The van der Waals surface area contributed by atoms with Crippen LogP contribution in [-0.2, 0) is 9.53 Å². The molecule has 0 aliphatic carbocycles. The van der Waals surface area contributed by atoms with E-state index in [0.29, 0.717) is 28.3 Å². The van der Waals surface area contributed by atoms with Gasteiger partial charge in [-0.25, -0.2) is 4.79 Å². The van der Waals surface area contributed by atoms with E-state index in [0.717, 1.165) is 0 Å². The smallest absolute Gasteiger partial charge is 0.333 e. The first-order chi connectivity index (χ1) is 9.12. The molecule has 19 heavy (non-hydrogen) atoms. The predicted octanol–water partition coefficient (Wildman–Crippen LogP) is 3.10. The van der Waals surface area contributed by atoms with Gasteiger partial charge in [0.05, 0.1) is 17.7 Å². The maximum absolute atomic E-state index is 11.3. The second kappa shape index (κ2) is 7.45. The molecule has 4 nitrogen and oxygen atoms in total. The molecule has 0 fully saturated rings. The summed E-state index contributed by atoms with van der Waals surface area (Å²) in [5.74, 6) is 0.185. The summed E-state index contributed by atoms with van der Waals surface area (Å²) >= 11 is 5.88. The summed E-state index contributed by atoms with van der Waals surface area (Å²) in [4.78, 5) is 11.3. The molecule has 0 aromatic heterocycles. The first kappa shape index (κ1) is 15.1. The second-order valence-electron chi connectivity index (χ2n) is 3.64. The quantitative estimate of drug-likeness (QED) is 0.614. The zero-order valence-corrected chi connectivity index (χ0v) is 11.5. The van der Waals surface area contributed by atoms with Gasteiger partial charge in [0.15, 0.2) is 0 Å². The molecule has 0 atom stereocenters. The van der Waals surface area contributed by atoms with Crippen LogP contribution in [0.1, 0.15) is 18.9 Å². The molecule has 0 amide bonds. The largest absolute Gasteiger partial charge is 0.489 e. The van der Waals surface area contributed by atoms with Crippen LogP contribution < -0.4 is 4.74 Å². The van der Waals surface area contributed by atoms with E-state index in [1.165, 1.54) is 7.11 Å². The van der Waals surface area contributed by atoms with Crippen molar-refractivity contribution in [3.63, 3.8) is 0 Å². The Bertz CT molecular complexity index is 532. The molecule has 1 aromatic carbocycles. The van der Waals surface area contributed by atoms with E-state index in [9.17, 15) is 4.79 Å². The molecule has 5 heteroatoms. The minimum absolute atomic E-state index is 0.237. The Hall–Kier alpha value is -1.99. The van der Waals surface area contributed by atoms with E-state index in [2.05, 4.69) is 4.74 Å². The lowest BCUT2D eigenvalue weighted by molar-refractivity contribution is -0.136. The van der Waals surface area contributed by atoms with E-state index in [4.69, 9.17) is 21.6 Å². The number of ether oxygens (including phenoxy) is 2. The number of esters is 1. The molecule has 100 valence electrons. The monoisotopic (exact) mass is 279 g/mol. The summed E-state index contributed by atoms with van der Waals surface area (Å²) in [6.45, 7) is 2.10. The van der Waals surface area contributed by atoms with Gasteiger partial charge in [-0.3, -0.25) is 0 Å². The SMILES string of the molecule is CC/C(=C/COc1ccc(C#N)c(Cl)c1)C(=O)OC. The minimum Gasteiger partial charge on any atom is -0.489 e. The van der Waals surface area contributed by atoms with Crippen molar-refractivity contribution in [2.45, 2.75) is 13.3 Å². The molecule has 0 saturated carbocycles. The van der Waals surface area contributed by atoms with E-state index < -0.39 is 0 Å². The van der Waals surface area contributed by atoms with Crippen molar-refractivity contribution in [2.24, 2.45) is 0 Å². The van der Waals surface area contributed by atoms with Gasteiger partial charge in [-0.05, 0) is 24.6 Å². The summed E-state index contributed by atoms with van der Waals surface area (Å²) in [5, 5.41) is 9.08. The van der Waals surface area contributed by atoms with E-state index >= 15 is 0 Å². The van der Waals surface area contributed by atoms with Gasteiger partial charge < -0.3 is 9.47 Å². The van der Waals surface area contributed by atoms with Crippen molar-refractivity contribution in [1.29, 1.82) is 5.26 Å². The zero-order valence-electron chi connectivity index (χ0n) is 10.8. The molecule has 1 aromatic rings. The maximum Gasteiger partial charge on any atom is 0.333 e. The number of carbonyl (C=O) groups is 1. The van der Waals surface area contributed by atoms with Gasteiger partial charge in [0.2, 0.25) is 0 Å². The van der Waals surface area contributed by atoms with Crippen molar-refractivity contribution in [1.82, 2.24) is 0 Å². The Balaban J connectivity index is 2.67. The number of rotatable bonds is 5. The molecule has 1 rings (SSSR count). The average molecular weight is 280 g/mol. The Morgan fingerprint density at radius 2 is 2.26 bits per heavy atom. The summed E-state index contributed by atoms with van der Waals surface area (Å²) in [7, 11) is 1.34. The van der Waals surface area contributed by atoms with Crippen molar-refractivity contribution in [2.75, 3.05) is 13.7 Å². The topological polar surface area (TPSA) is 59.3 Å². The third kappa shape index (κ3) is 4.31. The molecule has 0 saturated heterocycles. The highest BCUT2D eigenvalue weighted by Gasteiger charge is 2.06. The zero-order chi connectivity index (χ0) is 14.3. The van der Waals surface area contributed by atoms with Crippen LogP contribution in [0, 0.1) is 11.3 Å². The number of hydrogen-bond acceptors (Lipinski definition) is 4. The fourth-order valence-electron chi connectivity index (χ4n) is 1.42. The number of halogens is 1. The molecule has 0 unspecified atom stereocenters. The Morgan fingerprint density at radius 3 is 2.79 bits per heavy atom. The molecule has 0 spiro atoms. The molecular weight excluding hydrogens is 266 g/mol. The first-order valence-electron chi connectivity index (χ1n) is 5.72. The molecule has 0 bridgehead atoms. The third-order valence-electron chi connectivity index (χ3n) is 2.47.